The monoisotopic (exact) mass is 554 g/mol. The highest BCUT2D eigenvalue weighted by molar-refractivity contribution is 14.0. The fourth-order valence-corrected chi connectivity index (χ4v) is 3.54. The van der Waals surface area contributed by atoms with E-state index in [9.17, 15) is 0 Å². The third kappa shape index (κ3) is 7.39. The molecule has 0 spiro atoms. The van der Waals surface area contributed by atoms with E-state index >= 15 is 0 Å². The van der Waals surface area contributed by atoms with Crippen molar-refractivity contribution in [2.45, 2.75) is 27.2 Å². The van der Waals surface area contributed by atoms with Gasteiger partial charge in [0.2, 0.25) is 5.95 Å². The Morgan fingerprint density at radius 2 is 1.69 bits per heavy atom. The van der Waals surface area contributed by atoms with E-state index < -0.39 is 0 Å². The van der Waals surface area contributed by atoms with Crippen LogP contribution in [0, 0.1) is 0 Å². The first-order valence-electron chi connectivity index (χ1n) is 11.2. The molecule has 1 N–H and O–H groups in total. The Morgan fingerprint density at radius 1 is 1.00 bits per heavy atom. The first-order chi connectivity index (χ1) is 15.2. The molecule has 9 heteroatoms. The van der Waals surface area contributed by atoms with Gasteiger partial charge < -0.3 is 24.6 Å². The maximum Gasteiger partial charge on any atom is 0.225 e. The van der Waals surface area contributed by atoms with Gasteiger partial charge in [0.25, 0.3) is 0 Å². The van der Waals surface area contributed by atoms with Gasteiger partial charge in [0.1, 0.15) is 0 Å². The molecule has 176 valence electrons. The zero-order valence-electron chi connectivity index (χ0n) is 19.3. The molecule has 3 rings (SSSR count). The minimum absolute atomic E-state index is 0. The molecule has 32 heavy (non-hydrogen) atoms. The van der Waals surface area contributed by atoms with Gasteiger partial charge in [-0.2, -0.15) is 0 Å². The van der Waals surface area contributed by atoms with Gasteiger partial charge in [-0.15, -0.1) is 24.0 Å². The summed E-state index contributed by atoms with van der Waals surface area (Å²) >= 11 is 0. The fraction of sp³-hybridized carbons (Fsp3) is 0.522. The number of ether oxygens (including phenoxy) is 2. The Kier molecular flexibility index (Phi) is 11.3. The highest BCUT2D eigenvalue weighted by Crippen LogP contribution is 2.28. The molecule has 8 nitrogen and oxygen atoms in total. The Balaban J connectivity index is 0.00000363. The third-order valence-electron chi connectivity index (χ3n) is 5.02. The van der Waals surface area contributed by atoms with Crippen molar-refractivity contribution in [2.75, 3.05) is 57.4 Å². The first-order valence-corrected chi connectivity index (χ1v) is 11.2. The number of nitrogens with zero attached hydrogens (tertiary/aromatic N) is 5. The average molecular weight is 554 g/mol. The standard InChI is InChI=1S/C23H34N6O2.HI/c1-4-24-22(28-14-16-29(17-15-28)23-25-11-7-12-26-23)27-13-10-19-8-9-20(30-5-2)21(18-19)31-6-3;/h7-9,11-12,18H,4-6,10,13-17H2,1-3H3,(H,24,27);1H. The summed E-state index contributed by atoms with van der Waals surface area (Å²) in [5.41, 5.74) is 1.19. The second kappa shape index (κ2) is 14.0. The van der Waals surface area contributed by atoms with Crippen LogP contribution in [0.15, 0.2) is 41.7 Å². The predicted octanol–water partition coefficient (Wildman–Crippen LogP) is 3.22. The number of benzene rings is 1. The molecule has 2 aromatic rings. The molecule has 0 unspecified atom stereocenters. The number of aromatic nitrogens is 2. The van der Waals surface area contributed by atoms with Crippen molar-refractivity contribution in [1.82, 2.24) is 20.2 Å². The van der Waals surface area contributed by atoms with Gasteiger partial charge >= 0.3 is 0 Å². The molecule has 1 aromatic carbocycles. The van der Waals surface area contributed by atoms with Crippen LogP contribution in [-0.4, -0.2) is 73.3 Å². The Morgan fingerprint density at radius 3 is 2.34 bits per heavy atom. The lowest BCUT2D eigenvalue weighted by atomic mass is 10.1. The van der Waals surface area contributed by atoms with E-state index in [-0.39, 0.29) is 24.0 Å². The lowest BCUT2D eigenvalue weighted by Crippen LogP contribution is -2.53. The molecule has 1 aliphatic rings. The summed E-state index contributed by atoms with van der Waals surface area (Å²) in [6.45, 7) is 12.4. The van der Waals surface area contributed by atoms with Crippen LogP contribution in [0.1, 0.15) is 26.3 Å². The second-order valence-electron chi connectivity index (χ2n) is 7.16. The van der Waals surface area contributed by atoms with E-state index in [0.29, 0.717) is 19.8 Å². The van der Waals surface area contributed by atoms with Crippen molar-refractivity contribution in [3.63, 3.8) is 0 Å². The van der Waals surface area contributed by atoms with Crippen molar-refractivity contribution in [3.8, 4) is 11.5 Å². The number of halogens is 1. The van der Waals surface area contributed by atoms with Gasteiger partial charge in [0.15, 0.2) is 17.5 Å². The van der Waals surface area contributed by atoms with Crippen LogP contribution in [0.5, 0.6) is 11.5 Å². The molecule has 1 aromatic heterocycles. The minimum atomic E-state index is 0. The molecule has 0 atom stereocenters. The van der Waals surface area contributed by atoms with Gasteiger partial charge in [0, 0.05) is 51.7 Å². The van der Waals surface area contributed by atoms with Crippen molar-refractivity contribution < 1.29 is 9.47 Å². The van der Waals surface area contributed by atoms with E-state index in [1.165, 1.54) is 5.56 Å². The number of piperazine rings is 1. The lowest BCUT2D eigenvalue weighted by molar-refractivity contribution is 0.287. The molecule has 0 radical (unpaired) electrons. The second-order valence-corrected chi connectivity index (χ2v) is 7.16. The highest BCUT2D eigenvalue weighted by Gasteiger charge is 2.21. The van der Waals surface area contributed by atoms with Gasteiger partial charge in [-0.05, 0) is 51.0 Å². The summed E-state index contributed by atoms with van der Waals surface area (Å²) in [5, 5.41) is 3.43. The summed E-state index contributed by atoms with van der Waals surface area (Å²) in [5.74, 6) is 3.36. The molecule has 1 aliphatic heterocycles. The summed E-state index contributed by atoms with van der Waals surface area (Å²) < 4.78 is 11.4. The van der Waals surface area contributed by atoms with Gasteiger partial charge in [-0.3, -0.25) is 4.99 Å². The number of guanidine groups is 1. The Labute approximate surface area is 208 Å². The van der Waals surface area contributed by atoms with Crippen molar-refractivity contribution in [3.05, 3.63) is 42.2 Å². The third-order valence-corrected chi connectivity index (χ3v) is 5.02. The minimum Gasteiger partial charge on any atom is -0.490 e. The largest absolute Gasteiger partial charge is 0.490 e. The predicted molar refractivity (Wildman–Crippen MR) is 140 cm³/mol. The summed E-state index contributed by atoms with van der Waals surface area (Å²) in [4.78, 5) is 18.1. The molecule has 1 saturated heterocycles. The SMILES string of the molecule is CCNC(=NCCc1ccc(OCC)c(OCC)c1)N1CCN(c2ncccn2)CC1.I. The van der Waals surface area contributed by atoms with Crippen LogP contribution in [0.3, 0.4) is 0 Å². The zero-order chi connectivity index (χ0) is 21.9. The van der Waals surface area contributed by atoms with Crippen LogP contribution in [0.2, 0.25) is 0 Å². The van der Waals surface area contributed by atoms with Gasteiger partial charge in [-0.25, -0.2) is 9.97 Å². The van der Waals surface area contributed by atoms with Crippen molar-refractivity contribution >= 4 is 35.9 Å². The van der Waals surface area contributed by atoms with E-state index in [2.05, 4.69) is 44.1 Å². The van der Waals surface area contributed by atoms with Crippen molar-refractivity contribution in [2.24, 2.45) is 4.99 Å². The Bertz CT molecular complexity index is 828. The maximum absolute atomic E-state index is 5.74. The number of anilines is 1. The molecule has 0 amide bonds. The lowest BCUT2D eigenvalue weighted by Gasteiger charge is -2.36. The highest BCUT2D eigenvalue weighted by atomic mass is 127. The van der Waals surface area contributed by atoms with Crippen LogP contribution >= 0.6 is 24.0 Å². The van der Waals surface area contributed by atoms with Crippen LogP contribution in [0.4, 0.5) is 5.95 Å². The molecule has 0 aliphatic carbocycles. The van der Waals surface area contributed by atoms with Crippen LogP contribution < -0.4 is 19.7 Å². The molecular weight excluding hydrogens is 519 g/mol. The maximum atomic E-state index is 5.74. The number of hydrogen-bond acceptors (Lipinski definition) is 6. The quantitative estimate of drug-likeness (QED) is 0.290. The Hall–Kier alpha value is -2.30. The molecule has 2 heterocycles. The number of nitrogens with one attached hydrogen (secondary N) is 1. The number of aliphatic imine (C=N–C) groups is 1. The van der Waals surface area contributed by atoms with Crippen LogP contribution in [-0.2, 0) is 6.42 Å². The fourth-order valence-electron chi connectivity index (χ4n) is 3.54. The topological polar surface area (TPSA) is 75.1 Å². The summed E-state index contributed by atoms with van der Waals surface area (Å²) in [6, 6.07) is 7.99. The van der Waals surface area contributed by atoms with Crippen molar-refractivity contribution in [1.29, 1.82) is 0 Å². The molecular formula is C23H35IN6O2. The smallest absolute Gasteiger partial charge is 0.225 e. The average Bonchev–Trinajstić information content (AvgIpc) is 2.81. The summed E-state index contributed by atoms with van der Waals surface area (Å²) in [6.07, 6.45) is 4.43. The number of rotatable bonds is 9. The van der Waals surface area contributed by atoms with E-state index in [0.717, 1.165) is 62.6 Å². The zero-order valence-corrected chi connectivity index (χ0v) is 21.6. The molecule has 0 bridgehead atoms. The van der Waals surface area contributed by atoms with E-state index in [1.54, 1.807) is 12.4 Å². The normalized spacial score (nSPS) is 14.0. The van der Waals surface area contributed by atoms with Gasteiger partial charge in [0.05, 0.1) is 13.2 Å². The van der Waals surface area contributed by atoms with E-state index in [4.69, 9.17) is 14.5 Å². The van der Waals surface area contributed by atoms with Gasteiger partial charge in [-0.1, -0.05) is 6.07 Å². The summed E-state index contributed by atoms with van der Waals surface area (Å²) in [7, 11) is 0. The molecule has 1 fully saturated rings. The number of hydrogen-bond donors (Lipinski definition) is 1. The van der Waals surface area contributed by atoms with E-state index in [1.807, 2.05) is 26.0 Å². The van der Waals surface area contributed by atoms with Crippen LogP contribution in [0.25, 0.3) is 0 Å². The molecule has 0 saturated carbocycles. The first kappa shape index (κ1) is 26.0.